The quantitative estimate of drug-likeness (QED) is 0.613. The Balaban J connectivity index is 1.91. The third-order valence-corrected chi connectivity index (χ3v) is 6.21. The number of ether oxygens (including phenoxy) is 1. The van der Waals surface area contributed by atoms with Crippen molar-refractivity contribution in [1.29, 1.82) is 0 Å². The molecule has 0 saturated carbocycles. The van der Waals surface area contributed by atoms with Crippen molar-refractivity contribution < 1.29 is 13.2 Å². The summed E-state index contributed by atoms with van der Waals surface area (Å²) >= 11 is 0. The molecule has 0 bridgehead atoms. The van der Waals surface area contributed by atoms with Gasteiger partial charge in [-0.1, -0.05) is 42.5 Å². The molecule has 0 aliphatic carbocycles. The summed E-state index contributed by atoms with van der Waals surface area (Å²) < 4.78 is 34.0. The van der Waals surface area contributed by atoms with Crippen molar-refractivity contribution in [2.75, 3.05) is 26.1 Å². The fraction of sp³-hybridized carbons (Fsp3) is 0.217. The van der Waals surface area contributed by atoms with Crippen molar-refractivity contribution in [1.82, 2.24) is 4.72 Å². The van der Waals surface area contributed by atoms with Crippen LogP contribution in [0.1, 0.15) is 16.7 Å². The molecule has 3 aromatic carbocycles. The Morgan fingerprint density at radius 1 is 0.897 bits per heavy atom. The van der Waals surface area contributed by atoms with Gasteiger partial charge in [0.25, 0.3) is 0 Å². The van der Waals surface area contributed by atoms with Crippen molar-refractivity contribution in [2.24, 2.45) is 0 Å². The number of rotatable bonds is 8. The molecule has 6 heteroatoms. The monoisotopic (exact) mass is 410 g/mol. The third-order valence-electron chi connectivity index (χ3n) is 4.71. The number of nitrogens with one attached hydrogen (secondary N) is 1. The van der Waals surface area contributed by atoms with Gasteiger partial charge in [0.1, 0.15) is 5.75 Å². The number of benzene rings is 3. The molecule has 0 heterocycles. The van der Waals surface area contributed by atoms with Crippen molar-refractivity contribution >= 4 is 15.7 Å². The van der Waals surface area contributed by atoms with Crippen LogP contribution >= 0.6 is 0 Å². The minimum absolute atomic E-state index is 0.251. The first-order chi connectivity index (χ1) is 13.9. The second-order valence-corrected chi connectivity index (χ2v) is 8.76. The van der Waals surface area contributed by atoms with Crippen molar-refractivity contribution in [3.8, 4) is 5.75 Å². The van der Waals surface area contributed by atoms with Crippen LogP contribution in [0.2, 0.25) is 0 Å². The molecular weight excluding hydrogens is 384 g/mol. The van der Waals surface area contributed by atoms with E-state index in [0.717, 1.165) is 28.1 Å². The molecule has 29 heavy (non-hydrogen) atoms. The lowest BCUT2D eigenvalue weighted by atomic mass is 10.0. The number of anilines is 1. The summed E-state index contributed by atoms with van der Waals surface area (Å²) in [6.07, 6.45) is 0.507. The molecule has 0 saturated heterocycles. The van der Waals surface area contributed by atoms with E-state index in [1.54, 1.807) is 13.2 Å². The molecule has 0 amide bonds. The van der Waals surface area contributed by atoms with Gasteiger partial charge in [0.15, 0.2) is 0 Å². The van der Waals surface area contributed by atoms with Gasteiger partial charge >= 0.3 is 0 Å². The molecule has 1 N–H and O–H groups in total. The Hall–Kier alpha value is -2.83. The van der Waals surface area contributed by atoms with Gasteiger partial charge in [-0.25, -0.2) is 13.1 Å². The van der Waals surface area contributed by atoms with Gasteiger partial charge in [-0.05, 0) is 53.4 Å². The Morgan fingerprint density at radius 2 is 1.59 bits per heavy atom. The summed E-state index contributed by atoms with van der Waals surface area (Å²) in [6, 6.07) is 22.6. The van der Waals surface area contributed by atoms with E-state index < -0.39 is 10.0 Å². The van der Waals surface area contributed by atoms with E-state index in [-0.39, 0.29) is 6.54 Å². The van der Waals surface area contributed by atoms with Gasteiger partial charge < -0.3 is 9.64 Å². The summed E-state index contributed by atoms with van der Waals surface area (Å²) in [4.78, 5) is 2.26. The van der Waals surface area contributed by atoms with Crippen LogP contribution < -0.4 is 14.4 Å². The largest absolute Gasteiger partial charge is 0.497 e. The van der Waals surface area contributed by atoms with Crippen LogP contribution in [0.3, 0.4) is 0 Å². The smallest absolute Gasteiger partial charge is 0.241 e. The van der Waals surface area contributed by atoms with Gasteiger partial charge in [0.05, 0.1) is 12.0 Å². The molecule has 0 spiro atoms. The summed E-state index contributed by atoms with van der Waals surface area (Å²) in [6.45, 7) is 0.251. The maximum absolute atomic E-state index is 13.1. The van der Waals surface area contributed by atoms with E-state index in [9.17, 15) is 8.42 Å². The zero-order chi connectivity index (χ0) is 20.9. The first-order valence-electron chi connectivity index (χ1n) is 9.36. The number of nitrogens with zero attached hydrogens (tertiary/aromatic N) is 1. The second-order valence-electron chi connectivity index (χ2n) is 7.02. The fourth-order valence-electron chi connectivity index (χ4n) is 3.06. The zero-order valence-corrected chi connectivity index (χ0v) is 17.7. The number of hydrogen-bond donors (Lipinski definition) is 1. The first-order valence-corrected chi connectivity index (χ1v) is 10.8. The Kier molecular flexibility index (Phi) is 6.56. The van der Waals surface area contributed by atoms with E-state index in [4.69, 9.17) is 4.74 Å². The molecule has 0 aromatic heterocycles. The van der Waals surface area contributed by atoms with Crippen molar-refractivity contribution in [3.63, 3.8) is 0 Å². The van der Waals surface area contributed by atoms with Gasteiger partial charge in [-0.15, -0.1) is 0 Å². The molecular formula is C23H26N2O3S. The molecule has 3 rings (SSSR count). The van der Waals surface area contributed by atoms with Crippen LogP contribution in [0.15, 0.2) is 77.7 Å². The van der Waals surface area contributed by atoms with E-state index in [0.29, 0.717) is 11.3 Å². The van der Waals surface area contributed by atoms with E-state index in [2.05, 4.69) is 4.72 Å². The Morgan fingerprint density at radius 3 is 2.21 bits per heavy atom. The van der Waals surface area contributed by atoms with Crippen LogP contribution in [-0.4, -0.2) is 29.6 Å². The second kappa shape index (κ2) is 9.11. The molecule has 0 aliphatic rings. The van der Waals surface area contributed by atoms with Crippen LogP contribution in [0.25, 0.3) is 0 Å². The summed E-state index contributed by atoms with van der Waals surface area (Å²) in [5.41, 5.74) is 3.64. The van der Waals surface area contributed by atoms with Gasteiger partial charge in [-0.2, -0.15) is 0 Å². The molecule has 3 aromatic rings. The number of methoxy groups -OCH3 is 1. The Bertz CT molecular complexity index is 1050. The van der Waals surface area contributed by atoms with Crippen LogP contribution in [0.4, 0.5) is 5.69 Å². The first kappa shape index (κ1) is 20.9. The summed E-state index contributed by atoms with van der Waals surface area (Å²) in [5.74, 6) is 0.771. The summed E-state index contributed by atoms with van der Waals surface area (Å²) in [7, 11) is 1.84. The van der Waals surface area contributed by atoms with Crippen molar-refractivity contribution in [2.45, 2.75) is 17.9 Å². The van der Waals surface area contributed by atoms with Gasteiger partial charge in [0, 0.05) is 26.3 Å². The number of sulfonamides is 1. The minimum Gasteiger partial charge on any atom is -0.497 e. The highest BCUT2D eigenvalue weighted by Crippen LogP contribution is 2.25. The maximum Gasteiger partial charge on any atom is 0.241 e. The lowest BCUT2D eigenvalue weighted by Gasteiger charge is -2.17. The molecule has 0 aliphatic heterocycles. The van der Waals surface area contributed by atoms with Gasteiger partial charge in [0.2, 0.25) is 10.0 Å². The zero-order valence-electron chi connectivity index (χ0n) is 16.9. The van der Waals surface area contributed by atoms with Gasteiger partial charge in [-0.3, -0.25) is 0 Å². The van der Waals surface area contributed by atoms with Crippen LogP contribution in [0, 0.1) is 0 Å². The average Bonchev–Trinajstić information content (AvgIpc) is 2.73. The van der Waals surface area contributed by atoms with E-state index in [1.165, 1.54) is 0 Å². The molecule has 0 atom stereocenters. The van der Waals surface area contributed by atoms with Crippen LogP contribution in [-0.2, 0) is 23.0 Å². The molecule has 152 valence electrons. The predicted molar refractivity (Wildman–Crippen MR) is 117 cm³/mol. The molecule has 0 fully saturated rings. The SMILES string of the molecule is COc1ccc(Cc2cc(N(C)C)ccc2S(=O)(=O)NCc2ccccc2)cc1. The Labute approximate surface area is 173 Å². The highest BCUT2D eigenvalue weighted by molar-refractivity contribution is 7.89. The van der Waals surface area contributed by atoms with E-state index in [1.807, 2.05) is 85.7 Å². The lowest BCUT2D eigenvalue weighted by molar-refractivity contribution is 0.414. The minimum atomic E-state index is -3.66. The topological polar surface area (TPSA) is 58.6 Å². The molecule has 5 nitrogen and oxygen atoms in total. The fourth-order valence-corrected chi connectivity index (χ4v) is 4.30. The van der Waals surface area contributed by atoms with Crippen LogP contribution in [0.5, 0.6) is 5.75 Å². The molecule has 0 radical (unpaired) electrons. The highest BCUT2D eigenvalue weighted by Gasteiger charge is 2.19. The molecule has 0 unspecified atom stereocenters. The normalized spacial score (nSPS) is 11.3. The third kappa shape index (κ3) is 5.37. The van der Waals surface area contributed by atoms with E-state index >= 15 is 0 Å². The standard InChI is InChI=1S/C23H26N2O3S/c1-25(2)21-11-14-23(29(26,27)24-17-19-7-5-4-6-8-19)20(16-21)15-18-9-12-22(28-3)13-10-18/h4-14,16,24H,15,17H2,1-3H3. The lowest BCUT2D eigenvalue weighted by Crippen LogP contribution is -2.24. The van der Waals surface area contributed by atoms with Crippen molar-refractivity contribution in [3.05, 3.63) is 89.5 Å². The predicted octanol–water partition coefficient (Wildman–Crippen LogP) is 3.83. The maximum atomic E-state index is 13.1. The highest BCUT2D eigenvalue weighted by atomic mass is 32.2. The average molecular weight is 411 g/mol. The number of hydrogen-bond acceptors (Lipinski definition) is 4. The summed E-state index contributed by atoms with van der Waals surface area (Å²) in [5, 5.41) is 0.